The highest BCUT2D eigenvalue weighted by Gasteiger charge is 2.44. The molecular formula is C16H23N3O2. The summed E-state index contributed by atoms with van der Waals surface area (Å²) in [7, 11) is 0. The van der Waals surface area contributed by atoms with Crippen molar-refractivity contribution >= 4 is 5.91 Å². The zero-order valence-corrected chi connectivity index (χ0v) is 12.8. The molecule has 2 aliphatic rings. The summed E-state index contributed by atoms with van der Waals surface area (Å²) in [5.41, 5.74) is 2.01. The molecule has 2 fully saturated rings. The third-order valence-electron chi connectivity index (χ3n) is 4.69. The molecule has 0 saturated carbocycles. The van der Waals surface area contributed by atoms with Crippen LogP contribution in [0.15, 0.2) is 18.2 Å². The van der Waals surface area contributed by atoms with E-state index in [0.717, 1.165) is 43.9 Å². The van der Waals surface area contributed by atoms with Crippen molar-refractivity contribution in [3.63, 3.8) is 0 Å². The summed E-state index contributed by atoms with van der Waals surface area (Å²) < 4.78 is 5.89. The van der Waals surface area contributed by atoms with Crippen LogP contribution in [0.25, 0.3) is 0 Å². The molecule has 1 amide bonds. The van der Waals surface area contributed by atoms with Crippen molar-refractivity contribution in [2.45, 2.75) is 44.9 Å². The molecule has 1 spiro atoms. The van der Waals surface area contributed by atoms with Gasteiger partial charge in [-0.05, 0) is 38.8 Å². The first-order valence-electron chi connectivity index (χ1n) is 7.66. The van der Waals surface area contributed by atoms with Crippen molar-refractivity contribution in [3.05, 3.63) is 29.6 Å². The maximum atomic E-state index is 11.4. The van der Waals surface area contributed by atoms with Gasteiger partial charge in [-0.3, -0.25) is 14.7 Å². The molecule has 1 aromatic heterocycles. The van der Waals surface area contributed by atoms with E-state index in [9.17, 15) is 4.79 Å². The molecule has 1 N–H and O–H groups in total. The van der Waals surface area contributed by atoms with Gasteiger partial charge in [0.05, 0.1) is 17.3 Å². The maximum absolute atomic E-state index is 11.4. The quantitative estimate of drug-likeness (QED) is 0.890. The molecule has 1 atom stereocenters. The minimum atomic E-state index is -0.176. The summed E-state index contributed by atoms with van der Waals surface area (Å²) >= 11 is 0. The number of carbonyl (C=O) groups excluding carboxylic acids is 1. The van der Waals surface area contributed by atoms with Crippen LogP contribution in [0.5, 0.6) is 0 Å². The maximum Gasteiger partial charge on any atom is 0.246 e. The van der Waals surface area contributed by atoms with Crippen molar-refractivity contribution in [1.82, 2.24) is 15.2 Å². The Labute approximate surface area is 125 Å². The number of carbonyl (C=O) groups is 1. The molecule has 2 saturated heterocycles. The van der Waals surface area contributed by atoms with Crippen LogP contribution in [-0.4, -0.2) is 47.1 Å². The summed E-state index contributed by atoms with van der Waals surface area (Å²) in [4.78, 5) is 18.4. The van der Waals surface area contributed by atoms with Gasteiger partial charge in [0.1, 0.15) is 6.61 Å². The number of nitrogens with one attached hydrogen (secondary N) is 1. The van der Waals surface area contributed by atoms with Crippen LogP contribution in [0.1, 0.15) is 31.2 Å². The van der Waals surface area contributed by atoms with Gasteiger partial charge in [0, 0.05) is 25.3 Å². The normalized spacial score (nSPS) is 25.8. The number of nitrogens with zero attached hydrogens (tertiary/aromatic N) is 2. The number of ether oxygens (including phenoxy) is 1. The molecule has 5 nitrogen and oxygen atoms in total. The third kappa shape index (κ3) is 3.09. The van der Waals surface area contributed by atoms with E-state index in [-0.39, 0.29) is 24.2 Å². The molecule has 5 heteroatoms. The SMILES string of the molecule is Cc1cccc(CN2CCC3(CC2)OCC(=O)NC3C)n1. The van der Waals surface area contributed by atoms with Gasteiger partial charge in [-0.25, -0.2) is 0 Å². The average molecular weight is 289 g/mol. The number of morpholine rings is 1. The standard InChI is InChI=1S/C16H23N3O2/c1-12-4-3-5-14(17-12)10-19-8-6-16(7-9-19)13(2)18-15(20)11-21-16/h3-5,13H,6-11H2,1-2H3,(H,18,20). The molecule has 0 bridgehead atoms. The van der Waals surface area contributed by atoms with E-state index in [1.807, 2.05) is 13.0 Å². The van der Waals surface area contributed by atoms with Gasteiger partial charge < -0.3 is 10.1 Å². The lowest BCUT2D eigenvalue weighted by molar-refractivity contribution is -0.159. The second-order valence-electron chi connectivity index (χ2n) is 6.19. The molecule has 114 valence electrons. The summed E-state index contributed by atoms with van der Waals surface area (Å²) in [5.74, 6) is -0.000449. The third-order valence-corrected chi connectivity index (χ3v) is 4.69. The molecule has 3 heterocycles. The predicted molar refractivity (Wildman–Crippen MR) is 79.8 cm³/mol. The number of hydrogen-bond acceptors (Lipinski definition) is 4. The van der Waals surface area contributed by atoms with Gasteiger partial charge in [0.2, 0.25) is 5.91 Å². The van der Waals surface area contributed by atoms with Gasteiger partial charge in [0.25, 0.3) is 0 Å². The van der Waals surface area contributed by atoms with E-state index in [2.05, 4.69) is 34.3 Å². The summed E-state index contributed by atoms with van der Waals surface area (Å²) in [6.45, 7) is 7.12. The second-order valence-corrected chi connectivity index (χ2v) is 6.19. The van der Waals surface area contributed by atoms with Crippen LogP contribution < -0.4 is 5.32 Å². The molecule has 2 aliphatic heterocycles. The Kier molecular flexibility index (Phi) is 3.95. The smallest absolute Gasteiger partial charge is 0.246 e. The van der Waals surface area contributed by atoms with E-state index >= 15 is 0 Å². The fourth-order valence-electron chi connectivity index (χ4n) is 3.33. The summed E-state index contributed by atoms with van der Waals surface area (Å²) in [5, 5.41) is 3.02. The average Bonchev–Trinajstić information content (AvgIpc) is 2.46. The highest BCUT2D eigenvalue weighted by molar-refractivity contribution is 5.78. The van der Waals surface area contributed by atoms with Crippen LogP contribution in [-0.2, 0) is 16.1 Å². The monoisotopic (exact) mass is 289 g/mol. The van der Waals surface area contributed by atoms with Crippen LogP contribution in [0.4, 0.5) is 0 Å². The number of likely N-dealkylation sites (tertiary alicyclic amines) is 1. The Morgan fingerprint density at radius 3 is 2.86 bits per heavy atom. The first-order chi connectivity index (χ1) is 10.1. The lowest BCUT2D eigenvalue weighted by atomic mass is 9.83. The largest absolute Gasteiger partial charge is 0.363 e. The van der Waals surface area contributed by atoms with E-state index in [1.54, 1.807) is 0 Å². The second kappa shape index (κ2) is 5.73. The van der Waals surface area contributed by atoms with Gasteiger partial charge in [0.15, 0.2) is 0 Å². The lowest BCUT2D eigenvalue weighted by Crippen LogP contribution is -2.62. The first-order valence-corrected chi connectivity index (χ1v) is 7.66. The molecule has 1 aromatic rings. The van der Waals surface area contributed by atoms with Gasteiger partial charge >= 0.3 is 0 Å². The minimum Gasteiger partial charge on any atom is -0.363 e. The van der Waals surface area contributed by atoms with Crippen molar-refractivity contribution in [2.24, 2.45) is 0 Å². The van der Waals surface area contributed by atoms with Gasteiger partial charge in [-0.2, -0.15) is 0 Å². The highest BCUT2D eigenvalue weighted by Crippen LogP contribution is 2.32. The number of rotatable bonds is 2. The topological polar surface area (TPSA) is 54.5 Å². The summed E-state index contributed by atoms with van der Waals surface area (Å²) in [6.07, 6.45) is 1.92. The van der Waals surface area contributed by atoms with Crippen molar-refractivity contribution in [1.29, 1.82) is 0 Å². The van der Waals surface area contributed by atoms with Crippen LogP contribution in [0.3, 0.4) is 0 Å². The molecule has 0 aliphatic carbocycles. The van der Waals surface area contributed by atoms with Crippen LogP contribution >= 0.6 is 0 Å². The molecular weight excluding hydrogens is 266 g/mol. The minimum absolute atomic E-state index is 0.000449. The van der Waals surface area contributed by atoms with E-state index < -0.39 is 0 Å². The van der Waals surface area contributed by atoms with E-state index in [1.165, 1.54) is 0 Å². The van der Waals surface area contributed by atoms with Crippen molar-refractivity contribution < 1.29 is 9.53 Å². The molecule has 0 radical (unpaired) electrons. The Morgan fingerprint density at radius 1 is 1.43 bits per heavy atom. The molecule has 1 unspecified atom stereocenters. The fraction of sp³-hybridized carbons (Fsp3) is 0.625. The van der Waals surface area contributed by atoms with Crippen molar-refractivity contribution in [3.8, 4) is 0 Å². The zero-order chi connectivity index (χ0) is 14.9. The molecule has 3 rings (SSSR count). The fourth-order valence-corrected chi connectivity index (χ4v) is 3.33. The van der Waals surface area contributed by atoms with E-state index in [0.29, 0.717) is 0 Å². The van der Waals surface area contributed by atoms with E-state index in [4.69, 9.17) is 4.74 Å². The Bertz CT molecular complexity index is 524. The number of amides is 1. The van der Waals surface area contributed by atoms with Crippen LogP contribution in [0, 0.1) is 6.92 Å². The predicted octanol–water partition coefficient (Wildman–Crippen LogP) is 1.26. The Balaban J connectivity index is 1.59. The number of piperidine rings is 1. The number of pyridine rings is 1. The number of hydrogen-bond donors (Lipinski definition) is 1. The Morgan fingerprint density at radius 2 is 2.19 bits per heavy atom. The summed E-state index contributed by atoms with van der Waals surface area (Å²) in [6, 6.07) is 6.26. The number of aryl methyl sites for hydroxylation is 1. The lowest BCUT2D eigenvalue weighted by Gasteiger charge is -2.47. The zero-order valence-electron chi connectivity index (χ0n) is 12.8. The molecule has 0 aromatic carbocycles. The first kappa shape index (κ1) is 14.5. The van der Waals surface area contributed by atoms with Gasteiger partial charge in [-0.1, -0.05) is 6.07 Å². The Hall–Kier alpha value is -1.46. The number of aromatic nitrogens is 1. The van der Waals surface area contributed by atoms with Gasteiger partial charge in [-0.15, -0.1) is 0 Å². The molecule has 21 heavy (non-hydrogen) atoms. The van der Waals surface area contributed by atoms with Crippen molar-refractivity contribution in [2.75, 3.05) is 19.7 Å². The highest BCUT2D eigenvalue weighted by atomic mass is 16.5. The van der Waals surface area contributed by atoms with Crippen LogP contribution in [0.2, 0.25) is 0 Å².